The average molecular weight is 228 g/mol. The maximum atomic E-state index is 11.3. The van der Waals surface area contributed by atoms with Crippen molar-refractivity contribution in [2.24, 2.45) is 10.7 Å². The Hall–Kier alpha value is -1.30. The summed E-state index contributed by atoms with van der Waals surface area (Å²) in [5.41, 5.74) is 5.81. The van der Waals surface area contributed by atoms with E-state index in [1.165, 1.54) is 4.90 Å². The molecule has 0 spiro atoms. The molecule has 1 unspecified atom stereocenters. The molecule has 1 saturated heterocycles. The van der Waals surface area contributed by atoms with Crippen LogP contribution in [-0.2, 0) is 9.53 Å². The molecule has 1 aliphatic heterocycles. The van der Waals surface area contributed by atoms with Crippen LogP contribution in [-0.4, -0.2) is 68.1 Å². The molecule has 1 amide bonds. The topological polar surface area (TPSA) is 71.2 Å². The van der Waals surface area contributed by atoms with Gasteiger partial charge in [0.15, 0.2) is 5.96 Å². The molecule has 0 aromatic heterocycles. The van der Waals surface area contributed by atoms with Gasteiger partial charge in [0.1, 0.15) is 6.54 Å². The summed E-state index contributed by atoms with van der Waals surface area (Å²) in [7, 11) is 3.40. The molecule has 1 rings (SSSR count). The summed E-state index contributed by atoms with van der Waals surface area (Å²) in [6.07, 6.45) is 0.159. The zero-order valence-corrected chi connectivity index (χ0v) is 10.1. The molecule has 6 heteroatoms. The molecule has 0 aliphatic carbocycles. The maximum absolute atomic E-state index is 11.3. The van der Waals surface area contributed by atoms with Crippen LogP contribution < -0.4 is 5.73 Å². The molecule has 92 valence electrons. The molecule has 0 saturated carbocycles. The molecule has 1 atom stereocenters. The first-order valence-corrected chi connectivity index (χ1v) is 5.37. The number of nitrogens with two attached hydrogens (primary N) is 1. The van der Waals surface area contributed by atoms with Gasteiger partial charge in [-0.15, -0.1) is 0 Å². The first kappa shape index (κ1) is 12.8. The second-order valence-corrected chi connectivity index (χ2v) is 4.09. The first-order chi connectivity index (χ1) is 7.50. The van der Waals surface area contributed by atoms with E-state index in [1.807, 2.05) is 11.8 Å². The van der Waals surface area contributed by atoms with Crippen molar-refractivity contribution < 1.29 is 9.53 Å². The van der Waals surface area contributed by atoms with Gasteiger partial charge >= 0.3 is 0 Å². The number of rotatable bonds is 2. The summed E-state index contributed by atoms with van der Waals surface area (Å²) in [4.78, 5) is 18.8. The lowest BCUT2D eigenvalue weighted by atomic mass is 10.3. The van der Waals surface area contributed by atoms with E-state index in [0.717, 1.165) is 13.1 Å². The molecule has 6 nitrogen and oxygen atoms in total. The van der Waals surface area contributed by atoms with Gasteiger partial charge in [-0.1, -0.05) is 0 Å². The second kappa shape index (κ2) is 5.69. The molecular formula is C10H20N4O2. The normalized spacial score (nSPS) is 22.1. The number of guanidine groups is 1. The molecule has 16 heavy (non-hydrogen) atoms. The van der Waals surface area contributed by atoms with Gasteiger partial charge in [-0.05, 0) is 6.92 Å². The third-order valence-electron chi connectivity index (χ3n) is 2.44. The lowest BCUT2D eigenvalue weighted by Crippen LogP contribution is -2.48. The Morgan fingerprint density at radius 3 is 2.88 bits per heavy atom. The van der Waals surface area contributed by atoms with Crippen LogP contribution in [0, 0.1) is 0 Å². The Labute approximate surface area is 96.0 Å². The first-order valence-electron chi connectivity index (χ1n) is 5.37. The molecule has 0 aromatic carbocycles. The van der Waals surface area contributed by atoms with Gasteiger partial charge in [0.25, 0.3) is 0 Å². The van der Waals surface area contributed by atoms with Crippen LogP contribution >= 0.6 is 0 Å². The van der Waals surface area contributed by atoms with Crippen molar-refractivity contribution in [1.82, 2.24) is 9.80 Å². The summed E-state index contributed by atoms with van der Waals surface area (Å²) in [5.74, 6) is 0.370. The summed E-state index contributed by atoms with van der Waals surface area (Å²) in [6, 6.07) is 0. The molecule has 0 aromatic rings. The predicted molar refractivity (Wildman–Crippen MR) is 62.2 cm³/mol. The molecule has 1 aliphatic rings. The fourth-order valence-electron chi connectivity index (χ4n) is 1.42. The molecule has 1 heterocycles. The van der Waals surface area contributed by atoms with Crippen molar-refractivity contribution in [1.29, 1.82) is 0 Å². The predicted octanol–water partition coefficient (Wildman–Crippen LogP) is -0.890. The van der Waals surface area contributed by atoms with Crippen LogP contribution in [0.15, 0.2) is 4.99 Å². The highest BCUT2D eigenvalue weighted by Crippen LogP contribution is 2.03. The average Bonchev–Trinajstić information content (AvgIpc) is 2.25. The van der Waals surface area contributed by atoms with E-state index in [1.54, 1.807) is 14.1 Å². The van der Waals surface area contributed by atoms with Gasteiger partial charge in [0, 0.05) is 27.2 Å². The van der Waals surface area contributed by atoms with Gasteiger partial charge in [0.05, 0.1) is 12.7 Å². The van der Waals surface area contributed by atoms with Crippen LogP contribution in [0.3, 0.4) is 0 Å². The molecule has 1 fully saturated rings. The Morgan fingerprint density at radius 2 is 2.31 bits per heavy atom. The van der Waals surface area contributed by atoms with Crippen molar-refractivity contribution in [2.75, 3.05) is 40.3 Å². The van der Waals surface area contributed by atoms with Gasteiger partial charge in [-0.2, -0.15) is 0 Å². The van der Waals surface area contributed by atoms with Crippen LogP contribution in [0.1, 0.15) is 6.92 Å². The second-order valence-electron chi connectivity index (χ2n) is 4.09. The fraction of sp³-hybridized carbons (Fsp3) is 0.800. The summed E-state index contributed by atoms with van der Waals surface area (Å²) >= 11 is 0. The van der Waals surface area contributed by atoms with Crippen LogP contribution in [0.2, 0.25) is 0 Å². The number of hydrogen-bond donors (Lipinski definition) is 1. The van der Waals surface area contributed by atoms with Crippen LogP contribution in [0.5, 0.6) is 0 Å². The minimum atomic E-state index is -0.0516. The quantitative estimate of drug-likeness (QED) is 0.491. The number of amides is 1. The van der Waals surface area contributed by atoms with E-state index >= 15 is 0 Å². The number of likely N-dealkylation sites (N-methyl/N-ethyl adjacent to an activating group) is 1. The molecular weight excluding hydrogens is 208 g/mol. The van der Waals surface area contributed by atoms with E-state index in [-0.39, 0.29) is 18.6 Å². The van der Waals surface area contributed by atoms with E-state index in [4.69, 9.17) is 10.5 Å². The maximum Gasteiger partial charge on any atom is 0.243 e. The summed E-state index contributed by atoms with van der Waals surface area (Å²) < 4.78 is 5.39. The highest BCUT2D eigenvalue weighted by molar-refractivity contribution is 5.83. The summed E-state index contributed by atoms with van der Waals surface area (Å²) in [6.45, 7) is 4.20. The van der Waals surface area contributed by atoms with E-state index in [2.05, 4.69) is 4.99 Å². The number of aliphatic imine (C=N–C) groups is 1. The number of nitrogens with zero attached hydrogens (tertiary/aromatic N) is 3. The van der Waals surface area contributed by atoms with Gasteiger partial charge in [0.2, 0.25) is 5.91 Å². The van der Waals surface area contributed by atoms with E-state index in [9.17, 15) is 4.79 Å². The highest BCUT2D eigenvalue weighted by Gasteiger charge is 2.18. The molecule has 0 bridgehead atoms. The monoisotopic (exact) mass is 228 g/mol. The number of hydrogen-bond acceptors (Lipinski definition) is 3. The standard InChI is InChI=1S/C10H20N4O2/c1-8-7-14(4-5-16-8)10(11)12-6-9(15)13(2)3/h8H,4-7H2,1-3H3,(H2,11,12). The Balaban J connectivity index is 2.46. The zero-order chi connectivity index (χ0) is 12.1. The van der Waals surface area contributed by atoms with E-state index < -0.39 is 0 Å². The number of morpholine rings is 1. The van der Waals surface area contributed by atoms with Crippen molar-refractivity contribution in [3.63, 3.8) is 0 Å². The van der Waals surface area contributed by atoms with Crippen molar-refractivity contribution in [3.8, 4) is 0 Å². The third kappa shape index (κ3) is 3.69. The van der Waals surface area contributed by atoms with Crippen LogP contribution in [0.4, 0.5) is 0 Å². The Kier molecular flexibility index (Phi) is 4.54. The molecule has 2 N–H and O–H groups in total. The van der Waals surface area contributed by atoms with Crippen LogP contribution in [0.25, 0.3) is 0 Å². The lowest BCUT2D eigenvalue weighted by Gasteiger charge is -2.31. The smallest absolute Gasteiger partial charge is 0.243 e. The minimum Gasteiger partial charge on any atom is -0.375 e. The molecule has 0 radical (unpaired) electrons. The van der Waals surface area contributed by atoms with Gasteiger partial charge < -0.3 is 20.3 Å². The van der Waals surface area contributed by atoms with Crippen molar-refractivity contribution >= 4 is 11.9 Å². The van der Waals surface area contributed by atoms with Gasteiger partial charge in [-0.3, -0.25) is 4.79 Å². The van der Waals surface area contributed by atoms with Crippen molar-refractivity contribution in [2.45, 2.75) is 13.0 Å². The highest BCUT2D eigenvalue weighted by atomic mass is 16.5. The van der Waals surface area contributed by atoms with Crippen molar-refractivity contribution in [3.05, 3.63) is 0 Å². The lowest BCUT2D eigenvalue weighted by molar-refractivity contribution is -0.127. The minimum absolute atomic E-state index is 0.0516. The number of carbonyl (C=O) groups is 1. The van der Waals surface area contributed by atoms with Gasteiger partial charge in [-0.25, -0.2) is 4.99 Å². The number of carbonyl (C=O) groups excluding carboxylic acids is 1. The summed E-state index contributed by atoms with van der Waals surface area (Å²) in [5, 5.41) is 0. The van der Waals surface area contributed by atoms with E-state index in [0.29, 0.717) is 12.6 Å². The largest absolute Gasteiger partial charge is 0.375 e. The SMILES string of the molecule is CC1CN(C(N)=NCC(=O)N(C)C)CCO1. The third-order valence-corrected chi connectivity index (χ3v) is 2.44. The fourth-order valence-corrected chi connectivity index (χ4v) is 1.42. The number of ether oxygens (including phenoxy) is 1. The zero-order valence-electron chi connectivity index (χ0n) is 10.1. The Morgan fingerprint density at radius 1 is 1.62 bits per heavy atom. The Bertz CT molecular complexity index is 278.